The van der Waals surface area contributed by atoms with E-state index in [0.717, 1.165) is 50.3 Å². The Balaban J connectivity index is 1.29. The second-order valence-electron chi connectivity index (χ2n) is 7.14. The molecule has 2 fully saturated rings. The van der Waals surface area contributed by atoms with Crippen molar-refractivity contribution < 1.29 is 9.90 Å². The largest absolute Gasteiger partial charge is 0.508 e. The van der Waals surface area contributed by atoms with E-state index in [1.54, 1.807) is 18.3 Å². The van der Waals surface area contributed by atoms with Crippen molar-refractivity contribution >= 4 is 11.7 Å². The van der Waals surface area contributed by atoms with Gasteiger partial charge in [-0.15, -0.1) is 0 Å². The maximum absolute atomic E-state index is 12.0. The summed E-state index contributed by atoms with van der Waals surface area (Å²) in [5.41, 5.74) is 1.70. The number of phenolic OH excluding ortho intramolecular Hbond substituents is 1. The zero-order chi connectivity index (χ0) is 17.9. The third kappa shape index (κ3) is 4.14. The molecule has 0 unspecified atom stereocenters. The number of rotatable bonds is 6. The Hall–Kier alpha value is -2.60. The summed E-state index contributed by atoms with van der Waals surface area (Å²) in [4.78, 5) is 18.7. The predicted molar refractivity (Wildman–Crippen MR) is 100 cm³/mol. The quantitative estimate of drug-likeness (QED) is 0.742. The van der Waals surface area contributed by atoms with Gasteiger partial charge in [0.25, 0.3) is 5.91 Å². The van der Waals surface area contributed by atoms with E-state index in [9.17, 15) is 9.90 Å². The molecule has 1 aromatic carbocycles. The first-order valence-corrected chi connectivity index (χ1v) is 9.20. The number of hydrogen-bond donors (Lipinski definition) is 3. The van der Waals surface area contributed by atoms with E-state index < -0.39 is 0 Å². The predicted octanol–water partition coefficient (Wildman–Crippen LogP) is 2.05. The van der Waals surface area contributed by atoms with Crippen molar-refractivity contribution in [2.24, 2.45) is 0 Å². The van der Waals surface area contributed by atoms with Crippen LogP contribution in [0.4, 0.5) is 5.82 Å². The zero-order valence-corrected chi connectivity index (χ0v) is 14.7. The van der Waals surface area contributed by atoms with Gasteiger partial charge in [0.15, 0.2) is 0 Å². The Morgan fingerprint density at radius 3 is 2.81 bits per heavy atom. The fourth-order valence-corrected chi connectivity index (χ4v) is 3.27. The molecule has 2 aromatic rings. The van der Waals surface area contributed by atoms with Crippen molar-refractivity contribution in [2.45, 2.75) is 37.9 Å². The molecule has 0 bridgehead atoms. The molecule has 1 aliphatic heterocycles. The average molecular weight is 352 g/mol. The summed E-state index contributed by atoms with van der Waals surface area (Å²) in [5.74, 6) is 1.18. The highest BCUT2D eigenvalue weighted by molar-refractivity contribution is 5.94. The smallest absolute Gasteiger partial charge is 0.253 e. The first-order chi connectivity index (χ1) is 12.7. The van der Waals surface area contributed by atoms with Crippen molar-refractivity contribution in [3.8, 4) is 5.75 Å². The lowest BCUT2D eigenvalue weighted by Crippen LogP contribution is -2.32. The first kappa shape index (κ1) is 16.8. The monoisotopic (exact) mass is 352 g/mol. The normalized spacial score (nSPS) is 19.5. The van der Waals surface area contributed by atoms with Crippen LogP contribution in [0.1, 0.15) is 35.2 Å². The standard InChI is InChI=1S/C20H24N4O2/c25-18-3-1-2-14(10-18)11-21-17-8-9-24(13-17)19-7-4-15(12-22-19)20(26)23-16-5-6-16/h1-4,7,10,12,16-17,21,25H,5-6,8-9,11,13H2,(H,23,26)/t17-/m1/s1. The molecule has 6 nitrogen and oxygen atoms in total. The number of benzene rings is 1. The third-order valence-electron chi connectivity index (χ3n) is 4.94. The number of anilines is 1. The number of amides is 1. The van der Waals surface area contributed by atoms with Crippen LogP contribution in [0.2, 0.25) is 0 Å². The molecule has 1 saturated heterocycles. The molecule has 0 spiro atoms. The lowest BCUT2D eigenvalue weighted by atomic mass is 10.2. The summed E-state index contributed by atoms with van der Waals surface area (Å²) in [6.45, 7) is 2.57. The number of aromatic hydroxyl groups is 1. The highest BCUT2D eigenvalue weighted by Gasteiger charge is 2.25. The van der Waals surface area contributed by atoms with Crippen LogP contribution in [-0.4, -0.2) is 41.2 Å². The number of nitrogens with one attached hydrogen (secondary N) is 2. The Kier molecular flexibility index (Phi) is 4.75. The molecular weight excluding hydrogens is 328 g/mol. The van der Waals surface area contributed by atoms with Crippen LogP contribution < -0.4 is 15.5 Å². The van der Waals surface area contributed by atoms with Crippen LogP contribution in [-0.2, 0) is 6.54 Å². The molecule has 0 radical (unpaired) electrons. The highest BCUT2D eigenvalue weighted by Crippen LogP contribution is 2.21. The van der Waals surface area contributed by atoms with Crippen LogP contribution in [0.5, 0.6) is 5.75 Å². The number of hydrogen-bond acceptors (Lipinski definition) is 5. The fourth-order valence-electron chi connectivity index (χ4n) is 3.27. The summed E-state index contributed by atoms with van der Waals surface area (Å²) >= 11 is 0. The van der Waals surface area contributed by atoms with Crippen LogP contribution >= 0.6 is 0 Å². The third-order valence-corrected chi connectivity index (χ3v) is 4.94. The number of aromatic nitrogens is 1. The maximum atomic E-state index is 12.0. The van der Waals surface area contributed by atoms with E-state index >= 15 is 0 Å². The SMILES string of the molecule is O=C(NC1CC1)c1ccc(N2CC[C@@H](NCc3cccc(O)c3)C2)nc1. The summed E-state index contributed by atoms with van der Waals surface area (Å²) < 4.78 is 0. The molecule has 1 aliphatic carbocycles. The van der Waals surface area contributed by atoms with Crippen LogP contribution in [0.25, 0.3) is 0 Å². The van der Waals surface area contributed by atoms with Gasteiger partial charge in [0.1, 0.15) is 11.6 Å². The van der Waals surface area contributed by atoms with E-state index in [1.165, 1.54) is 0 Å². The number of phenols is 1. The van der Waals surface area contributed by atoms with Gasteiger partial charge >= 0.3 is 0 Å². The minimum atomic E-state index is -0.0290. The summed E-state index contributed by atoms with van der Waals surface area (Å²) in [6.07, 6.45) is 4.88. The molecule has 1 amide bonds. The number of nitrogens with zero attached hydrogens (tertiary/aromatic N) is 2. The van der Waals surface area contributed by atoms with Gasteiger partial charge in [-0.25, -0.2) is 4.98 Å². The van der Waals surface area contributed by atoms with Gasteiger partial charge in [0.2, 0.25) is 0 Å². The van der Waals surface area contributed by atoms with Gasteiger partial charge < -0.3 is 20.6 Å². The number of pyridine rings is 1. The van der Waals surface area contributed by atoms with Gasteiger partial charge in [-0.2, -0.15) is 0 Å². The van der Waals surface area contributed by atoms with Crippen molar-refractivity contribution in [3.05, 3.63) is 53.7 Å². The second kappa shape index (κ2) is 7.33. The van der Waals surface area contributed by atoms with Crippen molar-refractivity contribution in [1.82, 2.24) is 15.6 Å². The highest BCUT2D eigenvalue weighted by atomic mass is 16.3. The number of carbonyl (C=O) groups is 1. The van der Waals surface area contributed by atoms with Gasteiger partial charge in [-0.1, -0.05) is 12.1 Å². The van der Waals surface area contributed by atoms with Crippen molar-refractivity contribution in [3.63, 3.8) is 0 Å². The molecule has 4 rings (SSSR count). The lowest BCUT2D eigenvalue weighted by Gasteiger charge is -2.18. The Morgan fingerprint density at radius 2 is 2.08 bits per heavy atom. The topological polar surface area (TPSA) is 77.5 Å². The van der Waals surface area contributed by atoms with Crippen LogP contribution in [0.3, 0.4) is 0 Å². The van der Waals surface area contributed by atoms with Gasteiger partial charge in [0, 0.05) is 37.9 Å². The Labute approximate surface area is 153 Å². The molecule has 2 heterocycles. The van der Waals surface area contributed by atoms with Crippen molar-refractivity contribution in [2.75, 3.05) is 18.0 Å². The summed E-state index contributed by atoms with van der Waals surface area (Å²) in [7, 11) is 0. The lowest BCUT2D eigenvalue weighted by molar-refractivity contribution is 0.0950. The van der Waals surface area contributed by atoms with E-state index in [4.69, 9.17) is 0 Å². The molecule has 6 heteroatoms. The van der Waals surface area contributed by atoms with Gasteiger partial charge in [-0.3, -0.25) is 4.79 Å². The molecule has 1 aromatic heterocycles. The molecular formula is C20H24N4O2. The van der Waals surface area contributed by atoms with E-state index in [2.05, 4.69) is 20.5 Å². The molecule has 1 atom stereocenters. The molecule has 136 valence electrons. The zero-order valence-electron chi connectivity index (χ0n) is 14.7. The fraction of sp³-hybridized carbons (Fsp3) is 0.400. The van der Waals surface area contributed by atoms with Crippen LogP contribution in [0, 0.1) is 0 Å². The van der Waals surface area contributed by atoms with Crippen molar-refractivity contribution in [1.29, 1.82) is 0 Å². The Morgan fingerprint density at radius 1 is 1.19 bits per heavy atom. The van der Waals surface area contributed by atoms with E-state index in [0.29, 0.717) is 23.4 Å². The van der Waals surface area contributed by atoms with Gasteiger partial charge in [-0.05, 0) is 49.1 Å². The van der Waals surface area contributed by atoms with E-state index in [-0.39, 0.29) is 5.91 Å². The summed E-state index contributed by atoms with van der Waals surface area (Å²) in [5, 5.41) is 16.1. The van der Waals surface area contributed by atoms with Crippen LogP contribution in [0.15, 0.2) is 42.6 Å². The van der Waals surface area contributed by atoms with E-state index in [1.807, 2.05) is 24.3 Å². The minimum Gasteiger partial charge on any atom is -0.508 e. The second-order valence-corrected chi connectivity index (χ2v) is 7.14. The molecule has 26 heavy (non-hydrogen) atoms. The molecule has 1 saturated carbocycles. The number of carbonyl (C=O) groups excluding carboxylic acids is 1. The Bertz CT molecular complexity index is 774. The first-order valence-electron chi connectivity index (χ1n) is 9.20. The average Bonchev–Trinajstić information content (AvgIpc) is 3.34. The molecule has 2 aliphatic rings. The molecule has 3 N–H and O–H groups in total. The summed E-state index contributed by atoms with van der Waals surface area (Å²) in [6, 6.07) is 11.9. The van der Waals surface area contributed by atoms with Gasteiger partial charge in [0.05, 0.1) is 5.56 Å². The maximum Gasteiger partial charge on any atom is 0.253 e. The minimum absolute atomic E-state index is 0.0290.